The summed E-state index contributed by atoms with van der Waals surface area (Å²) in [6.07, 6.45) is 10.2. The summed E-state index contributed by atoms with van der Waals surface area (Å²) in [5.41, 5.74) is 1.01. The number of hydrogen-bond acceptors (Lipinski definition) is 4. The van der Waals surface area contributed by atoms with Gasteiger partial charge in [0.1, 0.15) is 5.82 Å². The number of nitrogens with one attached hydrogen (secondary N) is 1. The number of ether oxygens (including phenoxy) is 1. The van der Waals surface area contributed by atoms with E-state index in [0.29, 0.717) is 12.6 Å². The van der Waals surface area contributed by atoms with Crippen LogP contribution in [0.2, 0.25) is 0 Å². The van der Waals surface area contributed by atoms with E-state index in [1.165, 1.54) is 0 Å². The topological polar surface area (TPSA) is 56.9 Å². The van der Waals surface area contributed by atoms with Crippen molar-refractivity contribution in [2.24, 2.45) is 7.05 Å². The second-order valence-electron chi connectivity index (χ2n) is 4.89. The maximum Gasteiger partial charge on any atom is 0.127 e. The molecule has 1 saturated heterocycles. The molecule has 2 aromatic rings. The summed E-state index contributed by atoms with van der Waals surface area (Å²) in [6.45, 7) is 2.43. The first-order chi connectivity index (χ1) is 9.31. The van der Waals surface area contributed by atoms with Crippen LogP contribution in [0.4, 0.5) is 5.69 Å². The zero-order valence-electron chi connectivity index (χ0n) is 11.1. The Hall–Kier alpha value is -1.82. The predicted molar refractivity (Wildman–Crippen MR) is 71.7 cm³/mol. The number of nitrogens with zero attached hydrogens (tertiary/aromatic N) is 4. The summed E-state index contributed by atoms with van der Waals surface area (Å²) in [4.78, 5) is 4.27. The van der Waals surface area contributed by atoms with E-state index in [9.17, 15) is 0 Å². The average molecular weight is 261 g/mol. The van der Waals surface area contributed by atoms with Gasteiger partial charge in [-0.25, -0.2) is 4.98 Å². The van der Waals surface area contributed by atoms with Crippen molar-refractivity contribution in [3.05, 3.63) is 30.6 Å². The molecule has 6 heteroatoms. The quantitative estimate of drug-likeness (QED) is 0.884. The van der Waals surface area contributed by atoms with Crippen LogP contribution < -0.4 is 5.32 Å². The molecule has 1 aliphatic rings. The molecule has 0 saturated carbocycles. The van der Waals surface area contributed by atoms with Crippen LogP contribution in [0.1, 0.15) is 18.7 Å². The Bertz CT molecular complexity index is 527. The number of aromatic nitrogens is 4. The molecule has 0 aliphatic carbocycles. The standard InChI is InChI=1S/C13H19N5O/c1-17-5-4-14-13(17)8-15-11-7-16-18(9-11)10-12-3-2-6-19-12/h4-5,7,9,12,15H,2-3,6,8,10H2,1H3. The van der Waals surface area contributed by atoms with Crippen molar-refractivity contribution in [3.8, 4) is 0 Å². The molecule has 6 nitrogen and oxygen atoms in total. The molecule has 0 spiro atoms. The normalized spacial score (nSPS) is 18.9. The lowest BCUT2D eigenvalue weighted by Crippen LogP contribution is -2.15. The van der Waals surface area contributed by atoms with Gasteiger partial charge in [-0.2, -0.15) is 5.10 Å². The Morgan fingerprint density at radius 3 is 3.21 bits per heavy atom. The van der Waals surface area contributed by atoms with Gasteiger partial charge in [0.25, 0.3) is 0 Å². The van der Waals surface area contributed by atoms with Crippen molar-refractivity contribution in [3.63, 3.8) is 0 Å². The number of anilines is 1. The summed E-state index contributed by atoms with van der Waals surface area (Å²) < 4.78 is 9.55. The maximum absolute atomic E-state index is 5.61. The Balaban J connectivity index is 1.54. The Kier molecular flexibility index (Phi) is 3.50. The fourth-order valence-electron chi connectivity index (χ4n) is 2.30. The Labute approximate surface area is 112 Å². The first-order valence-electron chi connectivity index (χ1n) is 6.65. The maximum atomic E-state index is 5.61. The van der Waals surface area contributed by atoms with Gasteiger partial charge in [-0.15, -0.1) is 0 Å². The van der Waals surface area contributed by atoms with E-state index in [1.807, 2.05) is 34.9 Å². The van der Waals surface area contributed by atoms with Gasteiger partial charge in [-0.3, -0.25) is 4.68 Å². The smallest absolute Gasteiger partial charge is 0.127 e. The Morgan fingerprint density at radius 2 is 2.47 bits per heavy atom. The summed E-state index contributed by atoms with van der Waals surface area (Å²) in [6, 6.07) is 0. The van der Waals surface area contributed by atoms with Gasteiger partial charge in [0.05, 0.1) is 31.1 Å². The van der Waals surface area contributed by atoms with E-state index >= 15 is 0 Å². The van der Waals surface area contributed by atoms with Gasteiger partial charge < -0.3 is 14.6 Å². The molecule has 2 aromatic heterocycles. The molecular weight excluding hydrogens is 242 g/mol. The molecular formula is C13H19N5O. The zero-order valence-corrected chi connectivity index (χ0v) is 11.1. The van der Waals surface area contributed by atoms with Gasteiger partial charge in [0.15, 0.2) is 0 Å². The molecule has 1 N–H and O–H groups in total. The highest BCUT2D eigenvalue weighted by Crippen LogP contribution is 2.15. The lowest BCUT2D eigenvalue weighted by Gasteiger charge is -2.08. The van der Waals surface area contributed by atoms with Crippen molar-refractivity contribution in [1.82, 2.24) is 19.3 Å². The first-order valence-corrected chi connectivity index (χ1v) is 6.65. The van der Waals surface area contributed by atoms with Crippen LogP contribution in [-0.4, -0.2) is 32.0 Å². The molecule has 1 atom stereocenters. The molecule has 19 heavy (non-hydrogen) atoms. The highest BCUT2D eigenvalue weighted by Gasteiger charge is 2.16. The molecule has 3 heterocycles. The summed E-state index contributed by atoms with van der Waals surface area (Å²) in [7, 11) is 1.99. The Morgan fingerprint density at radius 1 is 1.53 bits per heavy atom. The average Bonchev–Trinajstić information content (AvgIpc) is 3.10. The minimum Gasteiger partial charge on any atom is -0.376 e. The van der Waals surface area contributed by atoms with Gasteiger partial charge in [0, 0.05) is 32.2 Å². The molecule has 1 aliphatic heterocycles. The van der Waals surface area contributed by atoms with E-state index < -0.39 is 0 Å². The van der Waals surface area contributed by atoms with Crippen LogP contribution in [-0.2, 0) is 24.9 Å². The van der Waals surface area contributed by atoms with Crippen molar-refractivity contribution in [2.45, 2.75) is 32.0 Å². The van der Waals surface area contributed by atoms with E-state index in [1.54, 1.807) is 6.20 Å². The SMILES string of the molecule is Cn1ccnc1CNc1cnn(CC2CCCO2)c1. The molecule has 0 bridgehead atoms. The number of aryl methyl sites for hydroxylation is 1. The largest absolute Gasteiger partial charge is 0.376 e. The summed E-state index contributed by atoms with van der Waals surface area (Å²) in [5, 5.41) is 7.67. The third-order valence-electron chi connectivity index (χ3n) is 3.42. The molecule has 0 aromatic carbocycles. The highest BCUT2D eigenvalue weighted by atomic mass is 16.5. The fourth-order valence-corrected chi connectivity index (χ4v) is 2.30. The van der Waals surface area contributed by atoms with Crippen LogP contribution in [0.3, 0.4) is 0 Å². The number of rotatable bonds is 5. The third-order valence-corrected chi connectivity index (χ3v) is 3.42. The molecule has 3 rings (SSSR count). The van der Waals surface area contributed by atoms with Crippen LogP contribution in [0, 0.1) is 0 Å². The predicted octanol–water partition coefficient (Wildman–Crippen LogP) is 1.41. The first kappa shape index (κ1) is 12.2. The lowest BCUT2D eigenvalue weighted by atomic mass is 10.2. The van der Waals surface area contributed by atoms with Crippen LogP contribution in [0.5, 0.6) is 0 Å². The second-order valence-corrected chi connectivity index (χ2v) is 4.89. The number of hydrogen-bond donors (Lipinski definition) is 1. The van der Waals surface area contributed by atoms with Crippen LogP contribution >= 0.6 is 0 Å². The van der Waals surface area contributed by atoms with Gasteiger partial charge in [-0.05, 0) is 12.8 Å². The van der Waals surface area contributed by atoms with Crippen molar-refractivity contribution >= 4 is 5.69 Å². The highest BCUT2D eigenvalue weighted by molar-refractivity contribution is 5.38. The molecule has 102 valence electrons. The van der Waals surface area contributed by atoms with Crippen LogP contribution in [0.15, 0.2) is 24.8 Å². The molecule has 0 radical (unpaired) electrons. The summed E-state index contributed by atoms with van der Waals surface area (Å²) in [5.74, 6) is 1.01. The van der Waals surface area contributed by atoms with E-state index in [-0.39, 0.29) is 0 Å². The van der Waals surface area contributed by atoms with Crippen LogP contribution in [0.25, 0.3) is 0 Å². The summed E-state index contributed by atoms with van der Waals surface area (Å²) >= 11 is 0. The third kappa shape index (κ3) is 2.96. The zero-order chi connectivity index (χ0) is 13.1. The molecule has 1 unspecified atom stereocenters. The number of imidazole rings is 1. The fraction of sp³-hybridized carbons (Fsp3) is 0.538. The minimum atomic E-state index is 0.322. The molecule has 0 amide bonds. The minimum absolute atomic E-state index is 0.322. The van der Waals surface area contributed by atoms with Gasteiger partial charge in [0.2, 0.25) is 0 Å². The molecule has 1 fully saturated rings. The van der Waals surface area contributed by atoms with Gasteiger partial charge >= 0.3 is 0 Å². The van der Waals surface area contributed by atoms with Gasteiger partial charge in [-0.1, -0.05) is 0 Å². The van der Waals surface area contributed by atoms with E-state index in [2.05, 4.69) is 15.4 Å². The second kappa shape index (κ2) is 5.44. The van der Waals surface area contributed by atoms with Crippen molar-refractivity contribution in [2.75, 3.05) is 11.9 Å². The monoisotopic (exact) mass is 261 g/mol. The van der Waals surface area contributed by atoms with Crippen molar-refractivity contribution in [1.29, 1.82) is 0 Å². The lowest BCUT2D eigenvalue weighted by molar-refractivity contribution is 0.0940. The van der Waals surface area contributed by atoms with Crippen molar-refractivity contribution < 1.29 is 4.74 Å². The van der Waals surface area contributed by atoms with E-state index in [0.717, 1.165) is 37.5 Å². The van der Waals surface area contributed by atoms with E-state index in [4.69, 9.17) is 4.74 Å².